The van der Waals surface area contributed by atoms with E-state index < -0.39 is 0 Å². The van der Waals surface area contributed by atoms with Gasteiger partial charge in [-0.3, -0.25) is 9.98 Å². The Bertz CT molecular complexity index is 331. The van der Waals surface area contributed by atoms with E-state index in [-0.39, 0.29) is 0 Å². The summed E-state index contributed by atoms with van der Waals surface area (Å²) >= 11 is 5.62. The largest absolute Gasteiger partial charge is 0.262 e. The molecule has 1 rings (SSSR count). The van der Waals surface area contributed by atoms with Gasteiger partial charge in [-0.05, 0) is 25.8 Å². The van der Waals surface area contributed by atoms with Crippen LogP contribution in [0.2, 0.25) is 0 Å². The number of hydrogen-bond donors (Lipinski definition) is 0. The maximum atomic E-state index is 5.62. The molecule has 1 aromatic rings. The summed E-state index contributed by atoms with van der Waals surface area (Å²) in [6, 6.07) is 7.57. The van der Waals surface area contributed by atoms with Crippen molar-refractivity contribution in [2.75, 3.05) is 5.88 Å². The predicted octanol–water partition coefficient (Wildman–Crippen LogP) is 3.35. The summed E-state index contributed by atoms with van der Waals surface area (Å²) in [5.41, 5.74) is 2.47. The first-order valence-corrected chi connectivity index (χ1v) is 4.47. The first kappa shape index (κ1) is 9.93. The van der Waals surface area contributed by atoms with Crippen molar-refractivity contribution in [3.63, 3.8) is 0 Å². The molecule has 0 spiro atoms. The summed E-state index contributed by atoms with van der Waals surface area (Å²) < 4.78 is 0. The van der Waals surface area contributed by atoms with Gasteiger partial charge in [0.2, 0.25) is 0 Å². The van der Waals surface area contributed by atoms with Crippen molar-refractivity contribution in [2.45, 2.75) is 6.92 Å². The monoisotopic (exact) mass is 194 g/mol. The average molecular weight is 195 g/mol. The lowest BCUT2D eigenvalue weighted by atomic mass is 10.3. The van der Waals surface area contributed by atoms with Crippen molar-refractivity contribution in [1.82, 2.24) is 0 Å². The van der Waals surface area contributed by atoms with Gasteiger partial charge >= 0.3 is 0 Å². The molecule has 1 aromatic carbocycles. The van der Waals surface area contributed by atoms with Crippen molar-refractivity contribution in [3.05, 3.63) is 24.3 Å². The van der Waals surface area contributed by atoms with Crippen molar-refractivity contribution >= 4 is 35.4 Å². The smallest absolute Gasteiger partial charge is 0.0885 e. The van der Waals surface area contributed by atoms with Crippen molar-refractivity contribution in [3.8, 4) is 0 Å². The number of benzene rings is 1. The van der Waals surface area contributed by atoms with Crippen molar-refractivity contribution in [2.24, 2.45) is 9.98 Å². The van der Waals surface area contributed by atoms with Gasteiger partial charge in [0.25, 0.3) is 0 Å². The van der Waals surface area contributed by atoms with Crippen molar-refractivity contribution in [1.29, 1.82) is 0 Å². The second-order valence-corrected chi connectivity index (χ2v) is 2.89. The Balaban J connectivity index is 3.06. The average Bonchev–Trinajstić information content (AvgIpc) is 2.18. The highest BCUT2D eigenvalue weighted by Gasteiger charge is 1.96. The Morgan fingerprint density at radius 3 is 2.54 bits per heavy atom. The Labute approximate surface area is 83.0 Å². The number of aliphatic imine (C=N–C) groups is 2. The molecule has 0 aliphatic carbocycles. The van der Waals surface area contributed by atoms with Crippen LogP contribution in [0, 0.1) is 0 Å². The van der Waals surface area contributed by atoms with E-state index in [2.05, 4.69) is 16.7 Å². The molecular formula is C10H11ClN2. The lowest BCUT2D eigenvalue weighted by molar-refractivity contribution is 1.44. The third kappa shape index (κ3) is 2.67. The predicted molar refractivity (Wildman–Crippen MR) is 59.1 cm³/mol. The van der Waals surface area contributed by atoms with E-state index in [1.54, 1.807) is 0 Å². The van der Waals surface area contributed by atoms with E-state index in [0.29, 0.717) is 5.88 Å². The molecule has 0 atom stereocenters. The molecular weight excluding hydrogens is 184 g/mol. The molecule has 0 N–H and O–H groups in total. The highest BCUT2D eigenvalue weighted by Crippen LogP contribution is 2.26. The fourth-order valence-corrected chi connectivity index (χ4v) is 0.988. The van der Waals surface area contributed by atoms with Crippen LogP contribution in [0.15, 0.2) is 34.3 Å². The van der Waals surface area contributed by atoms with Crippen LogP contribution in [-0.2, 0) is 0 Å². The highest BCUT2D eigenvalue weighted by molar-refractivity contribution is 6.28. The molecule has 13 heavy (non-hydrogen) atoms. The zero-order valence-corrected chi connectivity index (χ0v) is 8.25. The summed E-state index contributed by atoms with van der Waals surface area (Å²) in [5.74, 6) is 0.436. The van der Waals surface area contributed by atoms with Crippen molar-refractivity contribution < 1.29 is 0 Å². The Kier molecular flexibility index (Phi) is 3.65. The lowest BCUT2D eigenvalue weighted by Crippen LogP contribution is -1.90. The third-order valence-corrected chi connectivity index (χ3v) is 1.94. The van der Waals surface area contributed by atoms with Gasteiger partial charge < -0.3 is 0 Å². The van der Waals surface area contributed by atoms with Gasteiger partial charge in [-0.25, -0.2) is 0 Å². The molecule has 0 amide bonds. The van der Waals surface area contributed by atoms with E-state index in [4.69, 9.17) is 11.6 Å². The molecule has 0 fully saturated rings. The number of para-hydroxylation sites is 2. The van der Waals surface area contributed by atoms with Crippen LogP contribution in [0.1, 0.15) is 6.92 Å². The molecule has 2 nitrogen and oxygen atoms in total. The first-order valence-electron chi connectivity index (χ1n) is 3.94. The molecule has 0 aliphatic rings. The molecule has 0 radical (unpaired) electrons. The lowest BCUT2D eigenvalue weighted by Gasteiger charge is -1.99. The zero-order valence-electron chi connectivity index (χ0n) is 7.50. The second-order valence-electron chi connectivity index (χ2n) is 2.63. The Hall–Kier alpha value is -1.15. The Morgan fingerprint density at radius 1 is 1.38 bits per heavy atom. The van der Waals surface area contributed by atoms with Gasteiger partial charge in [-0.1, -0.05) is 12.1 Å². The third-order valence-electron chi connectivity index (χ3n) is 1.56. The molecule has 3 heteroatoms. The van der Waals surface area contributed by atoms with E-state index in [1.807, 2.05) is 31.2 Å². The molecule has 0 saturated heterocycles. The second kappa shape index (κ2) is 4.77. The maximum absolute atomic E-state index is 5.62. The molecule has 68 valence electrons. The summed E-state index contributed by atoms with van der Waals surface area (Å²) in [4.78, 5) is 8.16. The van der Waals surface area contributed by atoms with E-state index >= 15 is 0 Å². The fourth-order valence-electron chi connectivity index (χ4n) is 0.928. The molecule has 0 aliphatic heterocycles. The highest BCUT2D eigenvalue weighted by atomic mass is 35.5. The van der Waals surface area contributed by atoms with Crippen LogP contribution in [-0.4, -0.2) is 18.3 Å². The molecule has 0 unspecified atom stereocenters. The van der Waals surface area contributed by atoms with Gasteiger partial charge in [-0.15, -0.1) is 11.6 Å². The minimum atomic E-state index is 0.436. The number of nitrogens with zero attached hydrogens (tertiary/aromatic N) is 2. The van der Waals surface area contributed by atoms with Crippen LogP contribution in [0.25, 0.3) is 0 Å². The summed E-state index contributed by atoms with van der Waals surface area (Å²) in [7, 11) is 0. The maximum Gasteiger partial charge on any atom is 0.0885 e. The number of halogens is 1. The molecule has 0 heterocycles. The van der Waals surface area contributed by atoms with Crippen LogP contribution >= 0.6 is 11.6 Å². The SMILES string of the molecule is C=Nc1ccccc1/N=C(\C)CCl. The number of alkyl halides is 1. The minimum Gasteiger partial charge on any atom is -0.262 e. The minimum absolute atomic E-state index is 0.436. The quantitative estimate of drug-likeness (QED) is 0.521. The zero-order chi connectivity index (χ0) is 9.68. The van der Waals surface area contributed by atoms with E-state index in [9.17, 15) is 0 Å². The molecule has 0 aromatic heterocycles. The van der Waals surface area contributed by atoms with Crippen LogP contribution < -0.4 is 0 Å². The molecule has 0 saturated carbocycles. The van der Waals surface area contributed by atoms with Crippen LogP contribution in [0.3, 0.4) is 0 Å². The van der Waals surface area contributed by atoms with Gasteiger partial charge in [0, 0.05) is 5.71 Å². The van der Waals surface area contributed by atoms with Crippen LogP contribution in [0.5, 0.6) is 0 Å². The van der Waals surface area contributed by atoms with Gasteiger partial charge in [0.1, 0.15) is 0 Å². The summed E-state index contributed by atoms with van der Waals surface area (Å²) in [5, 5.41) is 0. The standard InChI is InChI=1S/C10H11ClN2/c1-8(7-11)13-10-6-4-3-5-9(10)12-2/h3-6H,2,7H2,1H3/b13-8+. The first-order chi connectivity index (χ1) is 6.27. The van der Waals surface area contributed by atoms with E-state index in [0.717, 1.165) is 17.1 Å². The van der Waals surface area contributed by atoms with Gasteiger partial charge in [-0.2, -0.15) is 0 Å². The van der Waals surface area contributed by atoms with E-state index in [1.165, 1.54) is 0 Å². The fraction of sp³-hybridized carbons (Fsp3) is 0.200. The Morgan fingerprint density at radius 2 is 2.00 bits per heavy atom. The van der Waals surface area contributed by atoms with Gasteiger partial charge in [0.15, 0.2) is 0 Å². The number of hydrogen-bond acceptors (Lipinski definition) is 2. The van der Waals surface area contributed by atoms with Gasteiger partial charge in [0.05, 0.1) is 17.3 Å². The summed E-state index contributed by atoms with van der Waals surface area (Å²) in [6.45, 7) is 5.35. The normalized spacial score (nSPS) is 11.4. The number of rotatable bonds is 3. The summed E-state index contributed by atoms with van der Waals surface area (Å²) in [6.07, 6.45) is 0. The molecule has 0 bridgehead atoms. The topological polar surface area (TPSA) is 24.7 Å². The van der Waals surface area contributed by atoms with Crippen LogP contribution in [0.4, 0.5) is 11.4 Å².